The maximum absolute atomic E-state index is 11.3. The van der Waals surface area contributed by atoms with Crippen molar-refractivity contribution in [2.45, 2.75) is 45.6 Å². The molecule has 0 spiro atoms. The fourth-order valence-electron chi connectivity index (χ4n) is 2.59. The van der Waals surface area contributed by atoms with E-state index in [4.69, 9.17) is 11.5 Å². The van der Waals surface area contributed by atoms with Gasteiger partial charge in [0.05, 0.1) is 0 Å². The first kappa shape index (κ1) is 13.1. The minimum Gasteiger partial charge on any atom is -0.369 e. The second kappa shape index (κ2) is 4.73. The number of rotatable bonds is 4. The van der Waals surface area contributed by atoms with E-state index in [0.29, 0.717) is 6.42 Å². The van der Waals surface area contributed by atoms with Gasteiger partial charge in [-0.1, -0.05) is 32.0 Å². The van der Waals surface area contributed by atoms with Crippen molar-refractivity contribution in [1.29, 1.82) is 0 Å². The van der Waals surface area contributed by atoms with E-state index in [2.05, 4.69) is 18.2 Å². The second-order valence-corrected chi connectivity index (χ2v) is 5.94. The molecule has 3 nitrogen and oxygen atoms in total. The number of carbonyl (C=O) groups excluding carboxylic acids is 1. The van der Waals surface area contributed by atoms with Crippen LogP contribution in [0.3, 0.4) is 0 Å². The maximum atomic E-state index is 11.3. The van der Waals surface area contributed by atoms with Crippen molar-refractivity contribution in [3.8, 4) is 0 Å². The van der Waals surface area contributed by atoms with Gasteiger partial charge in [-0.05, 0) is 42.4 Å². The van der Waals surface area contributed by atoms with E-state index in [1.165, 1.54) is 24.0 Å². The molecule has 1 aliphatic carbocycles. The van der Waals surface area contributed by atoms with Crippen molar-refractivity contribution in [2.24, 2.45) is 16.9 Å². The number of amides is 1. The fraction of sp³-hybridized carbons (Fsp3) is 0.533. The average Bonchev–Trinajstić information content (AvgIpc) is 2.74. The topological polar surface area (TPSA) is 69.1 Å². The molecule has 1 aromatic carbocycles. The molecule has 1 aromatic rings. The molecule has 1 unspecified atom stereocenters. The van der Waals surface area contributed by atoms with Gasteiger partial charge in [-0.2, -0.15) is 0 Å². The van der Waals surface area contributed by atoms with Crippen molar-refractivity contribution in [3.05, 3.63) is 34.9 Å². The van der Waals surface area contributed by atoms with Crippen LogP contribution in [0, 0.1) is 5.41 Å². The summed E-state index contributed by atoms with van der Waals surface area (Å²) in [4.78, 5) is 11.3. The molecule has 2 rings (SSSR count). The first-order chi connectivity index (χ1) is 8.40. The molecule has 3 heteroatoms. The quantitative estimate of drug-likeness (QED) is 0.854. The molecule has 0 fully saturated rings. The molecule has 0 bridgehead atoms. The lowest BCUT2D eigenvalue weighted by Gasteiger charge is -2.25. The van der Waals surface area contributed by atoms with E-state index >= 15 is 0 Å². The number of aryl methyl sites for hydroxylation is 2. The Morgan fingerprint density at radius 2 is 2.00 bits per heavy atom. The Bertz CT molecular complexity index is 466. The molecule has 18 heavy (non-hydrogen) atoms. The van der Waals surface area contributed by atoms with Crippen LogP contribution in [-0.4, -0.2) is 5.91 Å². The predicted molar refractivity (Wildman–Crippen MR) is 73.0 cm³/mol. The van der Waals surface area contributed by atoms with Crippen molar-refractivity contribution in [3.63, 3.8) is 0 Å². The molecule has 0 aromatic heterocycles. The molecular weight excluding hydrogens is 224 g/mol. The number of carbonyl (C=O) groups is 1. The lowest BCUT2D eigenvalue weighted by molar-refractivity contribution is -0.126. The number of primary amides is 1. The van der Waals surface area contributed by atoms with Crippen molar-refractivity contribution >= 4 is 5.91 Å². The van der Waals surface area contributed by atoms with Crippen LogP contribution in [0.1, 0.15) is 49.4 Å². The van der Waals surface area contributed by atoms with Gasteiger partial charge >= 0.3 is 0 Å². The molecular formula is C15H22N2O. The number of fused-ring (bicyclic) bond motifs is 1. The van der Waals surface area contributed by atoms with E-state index in [0.717, 1.165) is 12.0 Å². The van der Waals surface area contributed by atoms with Crippen LogP contribution in [0.2, 0.25) is 0 Å². The Morgan fingerprint density at radius 1 is 1.33 bits per heavy atom. The van der Waals surface area contributed by atoms with Crippen LogP contribution in [0.4, 0.5) is 0 Å². The average molecular weight is 246 g/mol. The summed E-state index contributed by atoms with van der Waals surface area (Å²) < 4.78 is 0. The summed E-state index contributed by atoms with van der Waals surface area (Å²) in [6.45, 7) is 3.70. The normalized spacial score (nSPS) is 16.4. The molecule has 98 valence electrons. The van der Waals surface area contributed by atoms with Gasteiger partial charge in [-0.3, -0.25) is 4.79 Å². The third-order valence-corrected chi connectivity index (χ3v) is 3.95. The van der Waals surface area contributed by atoms with Crippen LogP contribution in [-0.2, 0) is 17.6 Å². The number of hydrogen-bond donors (Lipinski definition) is 2. The van der Waals surface area contributed by atoms with Crippen molar-refractivity contribution < 1.29 is 4.79 Å². The first-order valence-electron chi connectivity index (χ1n) is 6.57. The van der Waals surface area contributed by atoms with E-state index < -0.39 is 5.41 Å². The molecule has 1 aliphatic rings. The summed E-state index contributed by atoms with van der Waals surface area (Å²) >= 11 is 0. The van der Waals surface area contributed by atoms with Crippen LogP contribution in [0.25, 0.3) is 0 Å². The maximum Gasteiger partial charge on any atom is 0.223 e. The molecule has 1 atom stereocenters. The summed E-state index contributed by atoms with van der Waals surface area (Å²) in [5.41, 5.74) is 15.0. The predicted octanol–water partition coefficient (Wildman–Crippen LogP) is 2.08. The third kappa shape index (κ3) is 2.56. The van der Waals surface area contributed by atoms with E-state index in [1.54, 1.807) is 0 Å². The van der Waals surface area contributed by atoms with Crippen LogP contribution in [0.15, 0.2) is 18.2 Å². The Kier molecular flexibility index (Phi) is 3.44. The summed E-state index contributed by atoms with van der Waals surface area (Å²) in [5, 5.41) is 0. The van der Waals surface area contributed by atoms with Crippen LogP contribution < -0.4 is 11.5 Å². The number of benzene rings is 1. The highest BCUT2D eigenvalue weighted by Crippen LogP contribution is 2.31. The monoisotopic (exact) mass is 246 g/mol. The van der Waals surface area contributed by atoms with Crippen LogP contribution >= 0.6 is 0 Å². The van der Waals surface area contributed by atoms with Crippen molar-refractivity contribution in [2.75, 3.05) is 0 Å². The highest BCUT2D eigenvalue weighted by Gasteiger charge is 2.28. The van der Waals surface area contributed by atoms with Gasteiger partial charge in [0.25, 0.3) is 0 Å². The largest absolute Gasteiger partial charge is 0.369 e. The third-order valence-electron chi connectivity index (χ3n) is 3.95. The lowest BCUT2D eigenvalue weighted by Crippen LogP contribution is -2.34. The van der Waals surface area contributed by atoms with E-state index in [9.17, 15) is 4.79 Å². The van der Waals surface area contributed by atoms with Gasteiger partial charge in [0, 0.05) is 11.5 Å². The molecule has 0 aliphatic heterocycles. The van der Waals surface area contributed by atoms with Gasteiger partial charge in [-0.15, -0.1) is 0 Å². The summed E-state index contributed by atoms with van der Waals surface area (Å²) in [7, 11) is 0. The molecule has 1 amide bonds. The minimum atomic E-state index is -0.557. The van der Waals surface area contributed by atoms with Crippen molar-refractivity contribution in [1.82, 2.24) is 0 Å². The standard InChI is InChI=1S/C15H22N2O/c1-15(2,14(17)18)9-13(16)12-7-6-10-4-3-5-11(10)8-12/h6-8,13H,3-5,9,16H2,1-2H3,(H2,17,18). The summed E-state index contributed by atoms with van der Waals surface area (Å²) in [6, 6.07) is 6.34. The SMILES string of the molecule is CC(C)(CC(N)c1ccc2c(c1)CCC2)C(N)=O. The van der Waals surface area contributed by atoms with E-state index in [-0.39, 0.29) is 11.9 Å². The Hall–Kier alpha value is -1.35. The fourth-order valence-corrected chi connectivity index (χ4v) is 2.59. The molecule has 0 saturated heterocycles. The summed E-state index contributed by atoms with van der Waals surface area (Å²) in [5.74, 6) is -0.292. The van der Waals surface area contributed by atoms with E-state index in [1.807, 2.05) is 13.8 Å². The van der Waals surface area contributed by atoms with Gasteiger partial charge in [0.2, 0.25) is 5.91 Å². The molecule has 0 heterocycles. The Labute approximate surface area is 109 Å². The highest BCUT2D eigenvalue weighted by atomic mass is 16.1. The molecule has 0 saturated carbocycles. The zero-order chi connectivity index (χ0) is 13.3. The van der Waals surface area contributed by atoms with Gasteiger partial charge in [0.1, 0.15) is 0 Å². The zero-order valence-electron chi connectivity index (χ0n) is 11.2. The number of nitrogens with two attached hydrogens (primary N) is 2. The Morgan fingerprint density at radius 3 is 2.67 bits per heavy atom. The highest BCUT2D eigenvalue weighted by molar-refractivity contribution is 5.79. The van der Waals surface area contributed by atoms with Gasteiger partial charge in [0.15, 0.2) is 0 Å². The number of hydrogen-bond acceptors (Lipinski definition) is 2. The zero-order valence-corrected chi connectivity index (χ0v) is 11.2. The smallest absolute Gasteiger partial charge is 0.223 e. The Balaban J connectivity index is 2.14. The summed E-state index contributed by atoms with van der Waals surface area (Å²) in [6.07, 6.45) is 4.15. The minimum absolute atomic E-state index is 0.126. The van der Waals surface area contributed by atoms with Gasteiger partial charge in [-0.25, -0.2) is 0 Å². The molecule has 4 N–H and O–H groups in total. The first-order valence-corrected chi connectivity index (χ1v) is 6.57. The second-order valence-electron chi connectivity index (χ2n) is 5.94. The lowest BCUT2D eigenvalue weighted by atomic mass is 9.83. The van der Waals surface area contributed by atoms with Crippen LogP contribution in [0.5, 0.6) is 0 Å². The molecule has 0 radical (unpaired) electrons. The van der Waals surface area contributed by atoms with Gasteiger partial charge < -0.3 is 11.5 Å².